The maximum atomic E-state index is 15.3. The molecular weight excluding hydrogens is 700 g/mol. The van der Waals surface area contributed by atoms with Gasteiger partial charge in [0.25, 0.3) is 5.56 Å². The number of fused-ring (bicyclic) bond motifs is 1. The number of aliphatic imine (C=N–C) groups is 1. The first-order valence-corrected chi connectivity index (χ1v) is 15.7. The van der Waals surface area contributed by atoms with Gasteiger partial charge in [-0.1, -0.05) is 51.8 Å². The Morgan fingerprint density at radius 1 is 1.13 bits per heavy atom. The monoisotopic (exact) mass is 720 g/mol. The van der Waals surface area contributed by atoms with Gasteiger partial charge in [0.05, 0.1) is 27.5 Å². The van der Waals surface area contributed by atoms with Crippen molar-refractivity contribution in [2.75, 3.05) is 12.3 Å². The molecule has 1 unspecified atom stereocenters. The summed E-state index contributed by atoms with van der Waals surface area (Å²) in [6.07, 6.45) is -4.63. The summed E-state index contributed by atoms with van der Waals surface area (Å²) < 4.78 is 57.1. The number of aromatic hydroxyl groups is 1. The molecule has 2 heterocycles. The quantitative estimate of drug-likeness (QED) is 0.289. The number of phenols is 1. The molecule has 0 bridgehead atoms. The van der Waals surface area contributed by atoms with Crippen LogP contribution in [0.3, 0.4) is 0 Å². The van der Waals surface area contributed by atoms with Gasteiger partial charge in [-0.15, -0.1) is 11.8 Å². The number of hydrogen-bond acceptors (Lipinski definition) is 6. The van der Waals surface area contributed by atoms with Crippen LogP contribution in [0.4, 0.5) is 23.2 Å². The molecule has 0 radical (unpaired) electrons. The zero-order valence-electron chi connectivity index (χ0n) is 23.3. The van der Waals surface area contributed by atoms with Crippen LogP contribution in [-0.2, 0) is 19.6 Å². The minimum atomic E-state index is -4.98. The maximum absolute atomic E-state index is 15.3. The van der Waals surface area contributed by atoms with Crippen LogP contribution in [0, 0.1) is 5.82 Å². The van der Waals surface area contributed by atoms with Crippen molar-refractivity contribution in [2.24, 2.45) is 12.0 Å². The predicted octanol–water partition coefficient (Wildman–Crippen LogP) is 4.81. The Balaban J connectivity index is 1.60. The zero-order chi connectivity index (χ0) is 32.2. The molecule has 7 nitrogen and oxygen atoms in total. The zero-order valence-corrected chi connectivity index (χ0v) is 26.4. The number of thioether (sulfide) groups is 1. The van der Waals surface area contributed by atoms with Crippen LogP contribution in [0.2, 0.25) is 5.02 Å². The molecule has 1 atom stereocenters. The summed E-state index contributed by atoms with van der Waals surface area (Å²) in [5.74, 6) is -0.248. The lowest BCUT2D eigenvalue weighted by atomic mass is 9.98. The van der Waals surface area contributed by atoms with E-state index in [1.807, 2.05) is 30.3 Å². The third-order valence-electron chi connectivity index (χ3n) is 7.55. The van der Waals surface area contributed by atoms with E-state index in [0.717, 1.165) is 52.3 Å². The summed E-state index contributed by atoms with van der Waals surface area (Å²) in [5, 5.41) is 15.5. The molecule has 1 saturated heterocycles. The third kappa shape index (κ3) is 5.78. The van der Waals surface area contributed by atoms with Crippen LogP contribution in [0.1, 0.15) is 11.3 Å². The molecule has 0 amide bonds. The second-order valence-electron chi connectivity index (χ2n) is 10.4. The van der Waals surface area contributed by atoms with Crippen molar-refractivity contribution in [3.05, 3.63) is 119 Å². The van der Waals surface area contributed by atoms with Gasteiger partial charge in [0.1, 0.15) is 17.3 Å². The summed E-state index contributed by atoms with van der Waals surface area (Å²) >= 11 is 11.6. The SMILES string of the molecule is Cn1c(C(F)(F)F)cc(=O)n(-c2cc(N=C3C(C4NCCS4)=c4cccc(O)c4=C3Cc3ccc(Br)cc3)c(Cl)cc2F)c1=O. The highest BCUT2D eigenvalue weighted by Gasteiger charge is 2.36. The van der Waals surface area contributed by atoms with E-state index >= 15 is 4.39 Å². The van der Waals surface area contributed by atoms with Crippen molar-refractivity contribution in [3.8, 4) is 11.4 Å². The van der Waals surface area contributed by atoms with E-state index in [4.69, 9.17) is 16.6 Å². The molecule has 2 N–H and O–H groups in total. The molecule has 1 aliphatic heterocycles. The molecule has 232 valence electrons. The van der Waals surface area contributed by atoms with Crippen LogP contribution in [-0.4, -0.2) is 37.6 Å². The van der Waals surface area contributed by atoms with Crippen molar-refractivity contribution < 1.29 is 22.7 Å². The van der Waals surface area contributed by atoms with Crippen molar-refractivity contribution in [1.29, 1.82) is 0 Å². The highest BCUT2D eigenvalue weighted by molar-refractivity contribution is 9.10. The van der Waals surface area contributed by atoms with Crippen molar-refractivity contribution in [3.63, 3.8) is 0 Å². The molecule has 1 aliphatic carbocycles. The highest BCUT2D eigenvalue weighted by atomic mass is 79.9. The lowest BCUT2D eigenvalue weighted by Crippen LogP contribution is -2.41. The number of rotatable bonds is 5. The van der Waals surface area contributed by atoms with Gasteiger partial charge in [-0.05, 0) is 46.7 Å². The van der Waals surface area contributed by atoms with E-state index < -0.39 is 34.6 Å². The van der Waals surface area contributed by atoms with E-state index in [2.05, 4.69) is 21.2 Å². The summed E-state index contributed by atoms with van der Waals surface area (Å²) in [5.41, 5.74) is -2.08. The molecule has 45 heavy (non-hydrogen) atoms. The molecular formula is C31H22BrClF4N4O3S. The fraction of sp³-hybridized carbons (Fsp3) is 0.194. The van der Waals surface area contributed by atoms with Crippen molar-refractivity contribution in [1.82, 2.24) is 14.5 Å². The lowest BCUT2D eigenvalue weighted by molar-refractivity contribution is -0.144. The Labute approximate surface area is 270 Å². The largest absolute Gasteiger partial charge is 0.507 e. The number of phenolic OH excluding ortho intramolecular Hbond substituents is 1. The van der Waals surface area contributed by atoms with Crippen LogP contribution >= 0.6 is 39.3 Å². The van der Waals surface area contributed by atoms with E-state index in [1.54, 1.807) is 23.9 Å². The van der Waals surface area contributed by atoms with Gasteiger partial charge in [0, 0.05) is 47.1 Å². The fourth-order valence-corrected chi connectivity index (χ4v) is 7.07. The summed E-state index contributed by atoms with van der Waals surface area (Å²) in [6, 6.07) is 14.9. The van der Waals surface area contributed by atoms with E-state index in [-0.39, 0.29) is 32.5 Å². The van der Waals surface area contributed by atoms with Crippen LogP contribution in [0.5, 0.6) is 5.75 Å². The molecule has 0 saturated carbocycles. The Hall–Kier alpha value is -3.65. The molecule has 1 aromatic heterocycles. The van der Waals surface area contributed by atoms with Gasteiger partial charge in [-0.25, -0.2) is 18.7 Å². The highest BCUT2D eigenvalue weighted by Crippen LogP contribution is 2.35. The fourth-order valence-electron chi connectivity index (χ4n) is 5.50. The van der Waals surface area contributed by atoms with E-state index in [1.165, 1.54) is 0 Å². The van der Waals surface area contributed by atoms with Crippen LogP contribution < -0.4 is 27.0 Å². The van der Waals surface area contributed by atoms with Gasteiger partial charge in [-0.3, -0.25) is 9.36 Å². The van der Waals surface area contributed by atoms with E-state index in [0.29, 0.717) is 27.5 Å². The van der Waals surface area contributed by atoms with Crippen LogP contribution in [0.25, 0.3) is 16.8 Å². The topological polar surface area (TPSA) is 88.6 Å². The van der Waals surface area contributed by atoms with Crippen molar-refractivity contribution in [2.45, 2.75) is 18.0 Å². The minimum Gasteiger partial charge on any atom is -0.507 e. The Morgan fingerprint density at radius 2 is 1.87 bits per heavy atom. The van der Waals surface area contributed by atoms with E-state index in [9.17, 15) is 27.9 Å². The first kappa shape index (κ1) is 31.3. The number of nitrogens with one attached hydrogen (secondary N) is 1. The van der Waals surface area contributed by atoms with Gasteiger partial charge < -0.3 is 10.4 Å². The first-order valence-electron chi connectivity index (χ1n) is 13.5. The normalized spacial score (nSPS) is 17.4. The second-order valence-corrected chi connectivity index (χ2v) is 12.9. The summed E-state index contributed by atoms with van der Waals surface area (Å²) in [4.78, 5) is 30.7. The molecule has 2 aliphatic rings. The number of halogens is 6. The Kier molecular flexibility index (Phi) is 8.31. The van der Waals surface area contributed by atoms with Gasteiger partial charge in [-0.2, -0.15) is 13.2 Å². The standard InChI is InChI=1S/C31H22BrClF4N4O3S/c1-40-24(31(35,36)37)14-25(43)41(30(40)44)22-13-21(19(33)12-20(22)34)39-28-18(11-15-5-7-16(32)8-6-15)26-17(3-2-4-23(26)42)27(28)29-38-9-10-45-29/h2-8,12-14,29,38,42H,9-11H2,1H3. The second kappa shape index (κ2) is 11.9. The number of alkyl halides is 3. The maximum Gasteiger partial charge on any atom is 0.431 e. The number of aromatic nitrogens is 2. The van der Waals surface area contributed by atoms with Crippen LogP contribution in [0.15, 0.2) is 79.7 Å². The smallest absolute Gasteiger partial charge is 0.431 e. The average molecular weight is 722 g/mol. The summed E-state index contributed by atoms with van der Waals surface area (Å²) in [7, 11) is 0.842. The number of hydrogen-bond donors (Lipinski definition) is 2. The molecule has 6 rings (SSSR count). The molecule has 0 spiro atoms. The van der Waals surface area contributed by atoms with Gasteiger partial charge in [0.15, 0.2) is 0 Å². The minimum absolute atomic E-state index is 0.0296. The van der Waals surface area contributed by atoms with Gasteiger partial charge in [0.2, 0.25) is 0 Å². The number of benzene rings is 3. The third-order valence-corrected chi connectivity index (χ3v) is 9.55. The lowest BCUT2D eigenvalue weighted by Gasteiger charge is -2.17. The molecule has 4 aromatic rings. The summed E-state index contributed by atoms with van der Waals surface area (Å²) in [6.45, 7) is 0.726. The van der Waals surface area contributed by atoms with Gasteiger partial charge >= 0.3 is 11.9 Å². The molecule has 3 aromatic carbocycles. The number of nitrogens with zero attached hydrogens (tertiary/aromatic N) is 3. The predicted molar refractivity (Wildman–Crippen MR) is 171 cm³/mol. The molecule has 1 fully saturated rings. The Bertz CT molecular complexity index is 2140. The first-order chi connectivity index (χ1) is 21.3. The average Bonchev–Trinajstić information content (AvgIpc) is 3.60. The van der Waals surface area contributed by atoms with Crippen molar-refractivity contribution >= 4 is 61.8 Å². The molecule has 14 heteroatoms. The Morgan fingerprint density at radius 3 is 2.53 bits per heavy atom.